The third kappa shape index (κ3) is 1.86. The van der Waals surface area contributed by atoms with E-state index in [1.54, 1.807) is 16.9 Å². The Morgan fingerprint density at radius 2 is 2.38 bits per heavy atom. The molecule has 0 fully saturated rings. The van der Waals surface area contributed by atoms with Crippen LogP contribution in [0, 0.1) is 11.3 Å². The van der Waals surface area contributed by atoms with Crippen molar-refractivity contribution in [2.75, 3.05) is 0 Å². The molecule has 2 rings (SSSR count). The van der Waals surface area contributed by atoms with Crippen LogP contribution in [0.3, 0.4) is 0 Å². The molecule has 0 aromatic carbocycles. The molecule has 2 heterocycles. The van der Waals surface area contributed by atoms with E-state index in [-0.39, 0.29) is 0 Å². The van der Waals surface area contributed by atoms with Crippen LogP contribution in [0.25, 0.3) is 11.0 Å². The minimum atomic E-state index is 0.413. The number of halogens is 1. The third-order valence-electron chi connectivity index (χ3n) is 2.39. The minimum Gasteiger partial charge on any atom is -0.246 e. The predicted molar refractivity (Wildman–Crippen MR) is 62.2 cm³/mol. The Kier molecular flexibility index (Phi) is 3.07. The molecular weight excluding hydrogens is 224 g/mol. The molecule has 0 atom stereocenters. The highest BCUT2D eigenvalue weighted by Gasteiger charge is 2.10. The molecule has 0 unspecified atom stereocenters. The van der Waals surface area contributed by atoms with E-state index in [9.17, 15) is 0 Å². The Labute approximate surface area is 98.5 Å². The normalized spacial score (nSPS) is 10.6. The Morgan fingerprint density at radius 1 is 1.56 bits per heavy atom. The van der Waals surface area contributed by atoms with E-state index >= 15 is 0 Å². The molecule has 0 radical (unpaired) electrons. The lowest BCUT2D eigenvalue weighted by atomic mass is 10.2. The van der Waals surface area contributed by atoms with Gasteiger partial charge in [-0.25, -0.2) is 9.67 Å². The lowest BCUT2D eigenvalue weighted by Gasteiger charge is -2.00. The van der Waals surface area contributed by atoms with Crippen LogP contribution in [0.5, 0.6) is 0 Å². The fourth-order valence-electron chi connectivity index (χ4n) is 1.55. The lowest BCUT2D eigenvalue weighted by molar-refractivity contribution is 0.584. The van der Waals surface area contributed by atoms with Crippen LogP contribution in [0.1, 0.15) is 25.3 Å². The van der Waals surface area contributed by atoms with Crippen molar-refractivity contribution in [1.82, 2.24) is 14.8 Å². The van der Waals surface area contributed by atoms with Crippen LogP contribution in [0.4, 0.5) is 0 Å². The Balaban J connectivity index is 2.50. The molecule has 2 aromatic heterocycles. The number of fused-ring (bicyclic) bond motifs is 1. The molecule has 5 heteroatoms. The summed E-state index contributed by atoms with van der Waals surface area (Å²) in [6.07, 6.45) is 3.67. The van der Waals surface area contributed by atoms with Gasteiger partial charge in [-0.15, -0.1) is 0 Å². The van der Waals surface area contributed by atoms with Crippen molar-refractivity contribution in [1.29, 1.82) is 5.26 Å². The minimum absolute atomic E-state index is 0.413. The molecule has 0 N–H and O–H groups in total. The summed E-state index contributed by atoms with van der Waals surface area (Å²) in [6, 6.07) is 3.76. The zero-order valence-corrected chi connectivity index (χ0v) is 9.70. The number of aromatic nitrogens is 3. The van der Waals surface area contributed by atoms with Crippen molar-refractivity contribution in [2.45, 2.75) is 26.3 Å². The van der Waals surface area contributed by atoms with Gasteiger partial charge in [-0.05, 0) is 12.5 Å². The molecule has 2 aromatic rings. The van der Waals surface area contributed by atoms with Crippen LogP contribution >= 0.6 is 11.6 Å². The lowest BCUT2D eigenvalue weighted by Crippen LogP contribution is -2.00. The number of pyridine rings is 1. The topological polar surface area (TPSA) is 54.5 Å². The summed E-state index contributed by atoms with van der Waals surface area (Å²) in [6.45, 7) is 2.92. The number of aryl methyl sites for hydroxylation is 1. The maximum atomic E-state index is 8.78. The van der Waals surface area contributed by atoms with Gasteiger partial charge in [0, 0.05) is 12.7 Å². The van der Waals surface area contributed by atoms with Crippen LogP contribution in [0.15, 0.2) is 12.3 Å². The molecule has 0 aliphatic carbocycles. The van der Waals surface area contributed by atoms with Crippen LogP contribution in [0.2, 0.25) is 5.15 Å². The predicted octanol–water partition coefficient (Wildman–Crippen LogP) is 2.76. The van der Waals surface area contributed by atoms with E-state index in [4.69, 9.17) is 16.9 Å². The summed E-state index contributed by atoms with van der Waals surface area (Å²) >= 11 is 6.00. The first kappa shape index (κ1) is 10.9. The molecule has 0 aliphatic heterocycles. The summed E-state index contributed by atoms with van der Waals surface area (Å²) in [5.74, 6) is 0. The van der Waals surface area contributed by atoms with Gasteiger partial charge in [-0.2, -0.15) is 10.4 Å². The number of hydrogen-bond acceptors (Lipinski definition) is 3. The quantitative estimate of drug-likeness (QED) is 0.821. The van der Waals surface area contributed by atoms with Crippen LogP contribution in [-0.4, -0.2) is 14.8 Å². The summed E-state index contributed by atoms with van der Waals surface area (Å²) in [5.41, 5.74) is 1.25. The van der Waals surface area contributed by atoms with Crippen LogP contribution in [-0.2, 0) is 6.54 Å². The van der Waals surface area contributed by atoms with E-state index < -0.39 is 0 Å². The van der Waals surface area contributed by atoms with Crippen molar-refractivity contribution >= 4 is 22.6 Å². The smallest absolute Gasteiger partial charge is 0.160 e. The van der Waals surface area contributed by atoms with Crippen LogP contribution < -0.4 is 0 Å². The van der Waals surface area contributed by atoms with Gasteiger partial charge in [0.1, 0.15) is 6.07 Å². The Hall–Kier alpha value is -1.60. The number of nitriles is 1. The summed E-state index contributed by atoms with van der Waals surface area (Å²) in [5, 5.41) is 14.1. The number of unbranched alkanes of at least 4 members (excludes halogenated alkanes) is 1. The van der Waals surface area contributed by atoms with Crippen molar-refractivity contribution in [3.8, 4) is 6.07 Å². The molecule has 0 aliphatic rings. The molecule has 0 spiro atoms. The van der Waals surface area contributed by atoms with Gasteiger partial charge >= 0.3 is 0 Å². The average molecular weight is 235 g/mol. The van der Waals surface area contributed by atoms with E-state index in [0.717, 1.165) is 30.4 Å². The molecule has 0 saturated carbocycles. The van der Waals surface area contributed by atoms with Gasteiger partial charge in [-0.1, -0.05) is 24.9 Å². The fraction of sp³-hybridized carbons (Fsp3) is 0.364. The van der Waals surface area contributed by atoms with E-state index in [2.05, 4.69) is 17.0 Å². The van der Waals surface area contributed by atoms with Crippen molar-refractivity contribution in [3.05, 3.63) is 23.0 Å². The molecule has 0 saturated heterocycles. The van der Waals surface area contributed by atoms with E-state index in [1.165, 1.54) is 0 Å². The van der Waals surface area contributed by atoms with Gasteiger partial charge < -0.3 is 0 Å². The second-order valence-electron chi connectivity index (χ2n) is 3.57. The highest BCUT2D eigenvalue weighted by atomic mass is 35.5. The standard InChI is InChI=1S/C11H11ClN4/c1-2-3-4-16-11-9(10(12)15-16)5-8(6-13)7-14-11/h5,7H,2-4H2,1H3. The van der Waals surface area contributed by atoms with Crippen molar-refractivity contribution in [2.24, 2.45) is 0 Å². The number of rotatable bonds is 3. The highest BCUT2D eigenvalue weighted by molar-refractivity contribution is 6.34. The summed E-state index contributed by atoms with van der Waals surface area (Å²) < 4.78 is 1.79. The zero-order valence-electron chi connectivity index (χ0n) is 8.94. The van der Waals surface area contributed by atoms with Gasteiger partial charge in [0.2, 0.25) is 0 Å². The largest absolute Gasteiger partial charge is 0.246 e. The second-order valence-corrected chi connectivity index (χ2v) is 3.93. The molecule has 82 valence electrons. The van der Waals surface area contributed by atoms with Gasteiger partial charge in [0.05, 0.1) is 10.9 Å². The third-order valence-corrected chi connectivity index (χ3v) is 2.67. The summed E-state index contributed by atoms with van der Waals surface area (Å²) in [4.78, 5) is 4.22. The molecule has 16 heavy (non-hydrogen) atoms. The molecular formula is C11H11ClN4. The molecule has 0 amide bonds. The Morgan fingerprint density at radius 3 is 3.06 bits per heavy atom. The van der Waals surface area contributed by atoms with Crippen molar-refractivity contribution in [3.63, 3.8) is 0 Å². The maximum Gasteiger partial charge on any atom is 0.160 e. The maximum absolute atomic E-state index is 8.78. The molecule has 4 nitrogen and oxygen atoms in total. The zero-order chi connectivity index (χ0) is 11.5. The van der Waals surface area contributed by atoms with E-state index in [0.29, 0.717) is 10.7 Å². The monoisotopic (exact) mass is 234 g/mol. The Bertz CT molecular complexity index is 553. The highest BCUT2D eigenvalue weighted by Crippen LogP contribution is 2.22. The van der Waals surface area contributed by atoms with Crippen molar-refractivity contribution < 1.29 is 0 Å². The van der Waals surface area contributed by atoms with Gasteiger partial charge in [0.25, 0.3) is 0 Å². The first-order chi connectivity index (χ1) is 7.76. The SMILES string of the molecule is CCCCn1nc(Cl)c2cc(C#N)cnc21. The van der Waals surface area contributed by atoms with Gasteiger partial charge in [0.15, 0.2) is 10.8 Å². The second kappa shape index (κ2) is 4.50. The van der Waals surface area contributed by atoms with Gasteiger partial charge in [-0.3, -0.25) is 0 Å². The fourth-order valence-corrected chi connectivity index (χ4v) is 1.78. The molecule has 0 bridgehead atoms. The number of nitrogens with zero attached hydrogens (tertiary/aromatic N) is 4. The average Bonchev–Trinajstić information content (AvgIpc) is 2.63. The number of hydrogen-bond donors (Lipinski definition) is 0. The first-order valence-electron chi connectivity index (χ1n) is 5.18. The first-order valence-corrected chi connectivity index (χ1v) is 5.56. The summed E-state index contributed by atoms with van der Waals surface area (Å²) in [7, 11) is 0. The van der Waals surface area contributed by atoms with E-state index in [1.807, 2.05) is 6.07 Å².